The van der Waals surface area contributed by atoms with E-state index in [0.29, 0.717) is 28.7 Å². The first kappa shape index (κ1) is 18.1. The Labute approximate surface area is 155 Å². The quantitative estimate of drug-likeness (QED) is 0.656. The van der Waals surface area contributed by atoms with Crippen LogP contribution in [0, 0.1) is 19.7 Å². The Bertz CT molecular complexity index is 889. The zero-order chi connectivity index (χ0) is 18.5. The van der Waals surface area contributed by atoms with E-state index in [9.17, 15) is 9.18 Å². The van der Waals surface area contributed by atoms with Crippen molar-refractivity contribution in [3.05, 3.63) is 70.5 Å². The molecule has 0 fully saturated rings. The van der Waals surface area contributed by atoms with Crippen LogP contribution in [0.25, 0.3) is 10.6 Å². The molecule has 0 aliphatic heterocycles. The normalized spacial score (nSPS) is 10.6. The molecule has 2 aromatic carbocycles. The Morgan fingerprint density at radius 2 is 1.81 bits per heavy atom. The predicted octanol–water partition coefficient (Wildman–Crippen LogP) is 4.37. The van der Waals surface area contributed by atoms with Crippen molar-refractivity contribution in [1.29, 1.82) is 0 Å². The molecule has 0 unspecified atom stereocenters. The van der Waals surface area contributed by atoms with Gasteiger partial charge in [0, 0.05) is 5.56 Å². The van der Waals surface area contributed by atoms with Crippen LogP contribution in [0.4, 0.5) is 4.39 Å². The fourth-order valence-electron chi connectivity index (χ4n) is 2.37. The topological polar surface area (TPSA) is 51.2 Å². The lowest BCUT2D eigenvalue weighted by Crippen LogP contribution is -2.27. The first-order valence-electron chi connectivity index (χ1n) is 8.24. The molecule has 0 aliphatic rings. The SMILES string of the molecule is Cc1ccc(OCCNC(=O)c2sc(-c3ccc(F)cc3)nc2C)cc1. The van der Waals surface area contributed by atoms with E-state index < -0.39 is 0 Å². The highest BCUT2D eigenvalue weighted by molar-refractivity contribution is 7.17. The van der Waals surface area contributed by atoms with Gasteiger partial charge >= 0.3 is 0 Å². The number of aromatic nitrogens is 1. The molecule has 0 radical (unpaired) electrons. The summed E-state index contributed by atoms with van der Waals surface area (Å²) in [5.74, 6) is 0.298. The molecule has 134 valence electrons. The first-order valence-corrected chi connectivity index (χ1v) is 9.05. The van der Waals surface area contributed by atoms with Gasteiger partial charge in [-0.1, -0.05) is 17.7 Å². The molecule has 6 heteroatoms. The van der Waals surface area contributed by atoms with Crippen molar-refractivity contribution in [2.45, 2.75) is 13.8 Å². The second kappa shape index (κ2) is 8.10. The number of carbonyl (C=O) groups excluding carboxylic acids is 1. The molecule has 0 bridgehead atoms. The van der Waals surface area contributed by atoms with Crippen molar-refractivity contribution < 1.29 is 13.9 Å². The summed E-state index contributed by atoms with van der Waals surface area (Å²) in [5, 5.41) is 3.54. The highest BCUT2D eigenvalue weighted by atomic mass is 32.1. The highest BCUT2D eigenvalue weighted by Crippen LogP contribution is 2.28. The van der Waals surface area contributed by atoms with Crippen molar-refractivity contribution in [3.8, 4) is 16.3 Å². The van der Waals surface area contributed by atoms with Crippen molar-refractivity contribution in [2.24, 2.45) is 0 Å². The largest absolute Gasteiger partial charge is 0.492 e. The lowest BCUT2D eigenvalue weighted by atomic mass is 10.2. The van der Waals surface area contributed by atoms with Gasteiger partial charge in [-0.05, 0) is 50.2 Å². The maximum atomic E-state index is 13.0. The minimum atomic E-state index is -0.298. The Morgan fingerprint density at radius 3 is 2.50 bits per heavy atom. The smallest absolute Gasteiger partial charge is 0.263 e. The van der Waals surface area contributed by atoms with Gasteiger partial charge in [-0.2, -0.15) is 0 Å². The van der Waals surface area contributed by atoms with E-state index in [1.54, 1.807) is 19.1 Å². The van der Waals surface area contributed by atoms with Gasteiger partial charge in [0.1, 0.15) is 28.1 Å². The number of aryl methyl sites for hydroxylation is 2. The summed E-state index contributed by atoms with van der Waals surface area (Å²) in [5.41, 5.74) is 2.62. The molecule has 0 aliphatic carbocycles. The third kappa shape index (κ3) is 4.46. The van der Waals surface area contributed by atoms with Crippen LogP contribution in [-0.4, -0.2) is 24.0 Å². The fraction of sp³-hybridized carbons (Fsp3) is 0.200. The van der Waals surface area contributed by atoms with Crippen LogP contribution in [0.1, 0.15) is 20.9 Å². The van der Waals surface area contributed by atoms with Gasteiger partial charge in [0.05, 0.1) is 12.2 Å². The van der Waals surface area contributed by atoms with Gasteiger partial charge in [0.2, 0.25) is 0 Å². The summed E-state index contributed by atoms with van der Waals surface area (Å²) >= 11 is 1.30. The van der Waals surface area contributed by atoms with E-state index in [1.807, 2.05) is 31.2 Å². The number of hydrogen-bond acceptors (Lipinski definition) is 4. The molecule has 1 heterocycles. The number of halogens is 1. The minimum Gasteiger partial charge on any atom is -0.492 e. The maximum Gasteiger partial charge on any atom is 0.263 e. The summed E-state index contributed by atoms with van der Waals surface area (Å²) in [6.07, 6.45) is 0. The number of benzene rings is 2. The summed E-state index contributed by atoms with van der Waals surface area (Å²) in [4.78, 5) is 17.3. The summed E-state index contributed by atoms with van der Waals surface area (Å²) in [6, 6.07) is 13.8. The van der Waals surface area contributed by atoms with Crippen LogP contribution in [0.5, 0.6) is 5.75 Å². The Kier molecular flexibility index (Phi) is 5.63. The number of amides is 1. The molecule has 26 heavy (non-hydrogen) atoms. The van der Waals surface area contributed by atoms with Crippen LogP contribution in [-0.2, 0) is 0 Å². The number of nitrogens with one attached hydrogen (secondary N) is 1. The summed E-state index contributed by atoms with van der Waals surface area (Å²) < 4.78 is 18.6. The third-order valence-corrected chi connectivity index (χ3v) is 4.98. The minimum absolute atomic E-state index is 0.180. The predicted molar refractivity (Wildman–Crippen MR) is 101 cm³/mol. The van der Waals surface area contributed by atoms with Gasteiger partial charge in [-0.25, -0.2) is 9.37 Å². The van der Waals surface area contributed by atoms with Gasteiger partial charge in [-0.15, -0.1) is 11.3 Å². The lowest BCUT2D eigenvalue weighted by molar-refractivity contribution is 0.0950. The molecule has 0 saturated heterocycles. The molecular weight excluding hydrogens is 351 g/mol. The highest BCUT2D eigenvalue weighted by Gasteiger charge is 2.16. The molecule has 4 nitrogen and oxygen atoms in total. The zero-order valence-corrected chi connectivity index (χ0v) is 15.4. The molecule has 1 amide bonds. The van der Waals surface area contributed by atoms with Crippen molar-refractivity contribution in [1.82, 2.24) is 10.3 Å². The van der Waals surface area contributed by atoms with Crippen LogP contribution in [0.15, 0.2) is 48.5 Å². The Hall–Kier alpha value is -2.73. The van der Waals surface area contributed by atoms with E-state index in [0.717, 1.165) is 11.3 Å². The zero-order valence-electron chi connectivity index (χ0n) is 14.6. The number of hydrogen-bond donors (Lipinski definition) is 1. The molecule has 0 atom stereocenters. The van der Waals surface area contributed by atoms with E-state index in [2.05, 4.69) is 10.3 Å². The van der Waals surface area contributed by atoms with Crippen LogP contribution in [0.3, 0.4) is 0 Å². The number of thiazole rings is 1. The molecule has 1 N–H and O–H groups in total. The lowest BCUT2D eigenvalue weighted by Gasteiger charge is -2.07. The molecule has 0 saturated carbocycles. The second-order valence-electron chi connectivity index (χ2n) is 5.86. The number of rotatable bonds is 6. The Morgan fingerprint density at radius 1 is 1.12 bits per heavy atom. The number of ether oxygens (including phenoxy) is 1. The van der Waals surface area contributed by atoms with Gasteiger partial charge in [0.15, 0.2) is 0 Å². The number of nitrogens with zero attached hydrogens (tertiary/aromatic N) is 1. The van der Waals surface area contributed by atoms with Crippen molar-refractivity contribution in [2.75, 3.05) is 13.2 Å². The fourth-order valence-corrected chi connectivity index (χ4v) is 3.36. The van der Waals surface area contributed by atoms with E-state index in [4.69, 9.17) is 4.74 Å². The van der Waals surface area contributed by atoms with E-state index in [1.165, 1.54) is 29.0 Å². The third-order valence-electron chi connectivity index (χ3n) is 3.77. The average Bonchev–Trinajstić information content (AvgIpc) is 3.02. The molecule has 3 rings (SSSR count). The molecule has 0 spiro atoms. The van der Waals surface area contributed by atoms with Crippen molar-refractivity contribution >= 4 is 17.2 Å². The van der Waals surface area contributed by atoms with Crippen LogP contribution >= 0.6 is 11.3 Å². The summed E-state index contributed by atoms with van der Waals surface area (Å²) in [7, 11) is 0. The van der Waals surface area contributed by atoms with Gasteiger partial charge in [-0.3, -0.25) is 4.79 Å². The number of carbonyl (C=O) groups is 1. The van der Waals surface area contributed by atoms with Crippen molar-refractivity contribution in [3.63, 3.8) is 0 Å². The van der Waals surface area contributed by atoms with Gasteiger partial charge in [0.25, 0.3) is 5.91 Å². The van der Waals surface area contributed by atoms with Gasteiger partial charge < -0.3 is 10.1 Å². The molecular formula is C20H19FN2O2S. The van der Waals surface area contributed by atoms with E-state index in [-0.39, 0.29) is 11.7 Å². The second-order valence-corrected chi connectivity index (χ2v) is 6.86. The average molecular weight is 370 g/mol. The maximum absolute atomic E-state index is 13.0. The van der Waals surface area contributed by atoms with Crippen LogP contribution < -0.4 is 10.1 Å². The first-order chi connectivity index (χ1) is 12.5. The van der Waals surface area contributed by atoms with Crippen LogP contribution in [0.2, 0.25) is 0 Å². The summed E-state index contributed by atoms with van der Waals surface area (Å²) in [6.45, 7) is 4.59. The monoisotopic (exact) mass is 370 g/mol. The Balaban J connectivity index is 1.56. The molecule has 1 aromatic heterocycles. The molecule has 3 aromatic rings. The standard InChI is InChI=1S/C20H19FN2O2S/c1-13-3-9-17(10-4-13)25-12-11-22-19(24)18-14(2)23-20(26-18)15-5-7-16(21)8-6-15/h3-10H,11-12H2,1-2H3,(H,22,24). The van der Waals surface area contributed by atoms with E-state index >= 15 is 0 Å².